The third kappa shape index (κ3) is 4.52. The number of pyridine rings is 1. The summed E-state index contributed by atoms with van der Waals surface area (Å²) in [4.78, 5) is 25.5. The SMILES string of the molecule is Cc1csc(C(C)CNC(=O)N2CCCN(c3ccncc3C)CC2)n1. The minimum Gasteiger partial charge on any atom is -0.369 e. The Kier molecular flexibility index (Phi) is 6.08. The number of rotatable bonds is 4. The lowest BCUT2D eigenvalue weighted by Gasteiger charge is -2.25. The largest absolute Gasteiger partial charge is 0.369 e. The van der Waals surface area contributed by atoms with E-state index in [-0.39, 0.29) is 11.9 Å². The molecule has 26 heavy (non-hydrogen) atoms. The van der Waals surface area contributed by atoms with Gasteiger partial charge >= 0.3 is 6.03 Å². The monoisotopic (exact) mass is 373 g/mol. The molecule has 2 aromatic heterocycles. The molecular formula is C19H27N5OS. The molecule has 6 nitrogen and oxygen atoms in total. The average Bonchev–Trinajstić information content (AvgIpc) is 2.92. The van der Waals surface area contributed by atoms with Gasteiger partial charge in [-0.3, -0.25) is 4.98 Å². The molecule has 1 N–H and O–H groups in total. The molecule has 3 rings (SSSR count). The minimum absolute atomic E-state index is 0.0263. The number of nitrogens with zero attached hydrogens (tertiary/aromatic N) is 4. The Morgan fingerprint density at radius 3 is 2.88 bits per heavy atom. The van der Waals surface area contributed by atoms with Gasteiger partial charge in [-0.05, 0) is 31.9 Å². The highest BCUT2D eigenvalue weighted by molar-refractivity contribution is 7.09. The molecule has 0 bridgehead atoms. The number of anilines is 1. The van der Waals surface area contributed by atoms with Gasteiger partial charge in [0.2, 0.25) is 0 Å². The first-order valence-corrected chi connectivity index (χ1v) is 10.0. The van der Waals surface area contributed by atoms with Crippen LogP contribution in [0.3, 0.4) is 0 Å². The van der Waals surface area contributed by atoms with Crippen molar-refractivity contribution in [3.63, 3.8) is 0 Å². The average molecular weight is 374 g/mol. The van der Waals surface area contributed by atoms with Crippen LogP contribution in [0.4, 0.5) is 10.5 Å². The van der Waals surface area contributed by atoms with Crippen LogP contribution in [0.2, 0.25) is 0 Å². The van der Waals surface area contributed by atoms with E-state index in [9.17, 15) is 4.79 Å². The molecule has 1 unspecified atom stereocenters. The van der Waals surface area contributed by atoms with Crippen molar-refractivity contribution in [1.29, 1.82) is 0 Å². The number of hydrogen-bond donors (Lipinski definition) is 1. The molecule has 1 saturated heterocycles. The van der Waals surface area contributed by atoms with Crippen LogP contribution in [0, 0.1) is 13.8 Å². The fraction of sp³-hybridized carbons (Fsp3) is 0.526. The van der Waals surface area contributed by atoms with Gasteiger partial charge in [0.25, 0.3) is 0 Å². The van der Waals surface area contributed by atoms with Gasteiger partial charge in [0.05, 0.1) is 5.01 Å². The highest BCUT2D eigenvalue weighted by Crippen LogP contribution is 2.21. The van der Waals surface area contributed by atoms with Crippen LogP contribution in [0.15, 0.2) is 23.8 Å². The van der Waals surface area contributed by atoms with Crippen LogP contribution in [0.5, 0.6) is 0 Å². The molecule has 0 saturated carbocycles. The van der Waals surface area contributed by atoms with Crippen LogP contribution < -0.4 is 10.2 Å². The maximum atomic E-state index is 12.6. The van der Waals surface area contributed by atoms with Crippen molar-refractivity contribution in [2.45, 2.75) is 33.1 Å². The Balaban J connectivity index is 1.52. The van der Waals surface area contributed by atoms with E-state index in [0.29, 0.717) is 6.54 Å². The van der Waals surface area contributed by atoms with E-state index >= 15 is 0 Å². The summed E-state index contributed by atoms with van der Waals surface area (Å²) in [6.07, 6.45) is 4.70. The lowest BCUT2D eigenvalue weighted by molar-refractivity contribution is 0.201. The van der Waals surface area contributed by atoms with Crippen LogP contribution in [0.1, 0.15) is 35.5 Å². The summed E-state index contributed by atoms with van der Waals surface area (Å²) in [5.74, 6) is 0.237. The second-order valence-corrected chi connectivity index (χ2v) is 7.79. The van der Waals surface area contributed by atoms with Gasteiger partial charge in [-0.2, -0.15) is 0 Å². The number of carbonyl (C=O) groups excluding carboxylic acids is 1. The Morgan fingerprint density at radius 2 is 2.15 bits per heavy atom. The molecule has 2 amide bonds. The van der Waals surface area contributed by atoms with Gasteiger partial charge in [-0.25, -0.2) is 9.78 Å². The van der Waals surface area contributed by atoms with Crippen molar-refractivity contribution in [1.82, 2.24) is 20.2 Å². The fourth-order valence-corrected chi connectivity index (χ4v) is 4.08. The van der Waals surface area contributed by atoms with E-state index in [0.717, 1.165) is 43.3 Å². The van der Waals surface area contributed by atoms with Crippen molar-refractivity contribution < 1.29 is 4.79 Å². The Morgan fingerprint density at radius 1 is 1.31 bits per heavy atom. The highest BCUT2D eigenvalue weighted by atomic mass is 32.1. The predicted molar refractivity (Wildman–Crippen MR) is 106 cm³/mol. The van der Waals surface area contributed by atoms with Crippen molar-refractivity contribution in [3.05, 3.63) is 40.1 Å². The molecule has 7 heteroatoms. The fourth-order valence-electron chi connectivity index (χ4n) is 3.22. The molecule has 1 aliphatic rings. The molecule has 1 atom stereocenters. The molecule has 0 aromatic carbocycles. The molecule has 2 aromatic rings. The first-order valence-electron chi connectivity index (χ1n) is 9.15. The van der Waals surface area contributed by atoms with E-state index in [1.54, 1.807) is 11.3 Å². The second-order valence-electron chi connectivity index (χ2n) is 6.90. The molecule has 0 spiro atoms. The van der Waals surface area contributed by atoms with E-state index in [4.69, 9.17) is 0 Å². The van der Waals surface area contributed by atoms with Gasteiger partial charge < -0.3 is 15.1 Å². The standard InChI is InChI=1S/C19H27N5OS/c1-14-11-20-6-5-17(14)23-7-4-8-24(10-9-23)19(25)21-12-15(2)18-22-16(3)13-26-18/h5-6,11,13,15H,4,7-10,12H2,1-3H3,(H,21,25). The molecule has 3 heterocycles. The lowest BCUT2D eigenvalue weighted by atomic mass is 10.2. The summed E-state index contributed by atoms with van der Waals surface area (Å²) in [6, 6.07) is 2.08. The number of hydrogen-bond acceptors (Lipinski definition) is 5. The Bertz CT molecular complexity index is 747. The zero-order valence-corrected chi connectivity index (χ0v) is 16.6. The van der Waals surface area contributed by atoms with E-state index in [2.05, 4.69) is 45.5 Å². The number of urea groups is 1. The maximum absolute atomic E-state index is 12.6. The number of amides is 2. The van der Waals surface area contributed by atoms with Gasteiger partial charge in [-0.15, -0.1) is 11.3 Å². The summed E-state index contributed by atoms with van der Waals surface area (Å²) < 4.78 is 0. The van der Waals surface area contributed by atoms with Gasteiger partial charge in [-0.1, -0.05) is 6.92 Å². The van der Waals surface area contributed by atoms with E-state index < -0.39 is 0 Å². The number of aryl methyl sites for hydroxylation is 2. The number of thiazole rings is 1. The third-order valence-corrected chi connectivity index (χ3v) is 5.93. The quantitative estimate of drug-likeness (QED) is 0.894. The second kappa shape index (κ2) is 8.49. The first kappa shape index (κ1) is 18.6. The van der Waals surface area contributed by atoms with Crippen molar-refractivity contribution in [3.8, 4) is 0 Å². The van der Waals surface area contributed by atoms with Crippen molar-refractivity contribution in [2.75, 3.05) is 37.6 Å². The van der Waals surface area contributed by atoms with E-state index in [1.165, 1.54) is 11.3 Å². The molecule has 0 aliphatic carbocycles. The zero-order valence-electron chi connectivity index (χ0n) is 15.7. The summed E-state index contributed by atoms with van der Waals surface area (Å²) >= 11 is 1.66. The van der Waals surface area contributed by atoms with Gasteiger partial charge in [0.15, 0.2) is 0 Å². The summed E-state index contributed by atoms with van der Waals surface area (Å²) in [6.45, 7) is 10.1. The van der Waals surface area contributed by atoms with Crippen molar-refractivity contribution in [2.24, 2.45) is 0 Å². The molecule has 140 valence electrons. The normalized spacial score (nSPS) is 16.3. The summed E-state index contributed by atoms with van der Waals surface area (Å²) in [5.41, 5.74) is 3.44. The predicted octanol–water partition coefficient (Wildman–Crippen LogP) is 3.18. The van der Waals surface area contributed by atoms with Gasteiger partial charge in [0, 0.05) is 67.8 Å². The van der Waals surface area contributed by atoms with Crippen LogP contribution in [-0.2, 0) is 0 Å². The van der Waals surface area contributed by atoms with Crippen molar-refractivity contribution >= 4 is 23.1 Å². The van der Waals surface area contributed by atoms with Crippen LogP contribution >= 0.6 is 11.3 Å². The minimum atomic E-state index is 0.0263. The molecular weight excluding hydrogens is 346 g/mol. The van der Waals surface area contributed by atoms with E-state index in [1.807, 2.05) is 24.2 Å². The van der Waals surface area contributed by atoms with Gasteiger partial charge in [0.1, 0.15) is 0 Å². The Hall–Kier alpha value is -2.15. The first-order chi connectivity index (χ1) is 12.5. The summed E-state index contributed by atoms with van der Waals surface area (Å²) in [5, 5.41) is 6.21. The number of aromatic nitrogens is 2. The topological polar surface area (TPSA) is 61.4 Å². The maximum Gasteiger partial charge on any atom is 0.317 e. The number of carbonyl (C=O) groups is 1. The highest BCUT2D eigenvalue weighted by Gasteiger charge is 2.21. The van der Waals surface area contributed by atoms with Crippen LogP contribution in [-0.4, -0.2) is 53.6 Å². The van der Waals surface area contributed by atoms with Crippen LogP contribution in [0.25, 0.3) is 0 Å². The summed E-state index contributed by atoms with van der Waals surface area (Å²) in [7, 11) is 0. The molecule has 1 aliphatic heterocycles. The molecule has 1 fully saturated rings. The molecule has 0 radical (unpaired) electrons. The zero-order chi connectivity index (χ0) is 18.5. The third-order valence-electron chi connectivity index (χ3n) is 4.73. The number of nitrogens with one attached hydrogen (secondary N) is 1. The smallest absolute Gasteiger partial charge is 0.317 e. The lowest BCUT2D eigenvalue weighted by Crippen LogP contribution is -2.43. The Labute approximate surface area is 159 Å².